The SMILES string of the molecule is CC(=O)N1N=C(c2ccc([N+](=O)[O-])cc2)c2cc3c(cc2CC1(C)C(N)=O)OCO3. The van der Waals surface area contributed by atoms with E-state index in [-0.39, 0.29) is 18.9 Å². The second kappa shape index (κ2) is 6.83. The van der Waals surface area contributed by atoms with Gasteiger partial charge >= 0.3 is 0 Å². The molecule has 2 aromatic rings. The number of amides is 2. The first-order chi connectivity index (χ1) is 14.2. The molecule has 0 saturated carbocycles. The first-order valence-electron chi connectivity index (χ1n) is 9.08. The van der Waals surface area contributed by atoms with Crippen molar-refractivity contribution in [1.29, 1.82) is 0 Å². The molecule has 4 rings (SSSR count). The lowest BCUT2D eigenvalue weighted by Gasteiger charge is -2.33. The van der Waals surface area contributed by atoms with Crippen LogP contribution in [0.3, 0.4) is 0 Å². The summed E-state index contributed by atoms with van der Waals surface area (Å²) in [6, 6.07) is 9.24. The minimum atomic E-state index is -1.42. The number of nitrogens with two attached hydrogens (primary N) is 1. The molecule has 2 aliphatic heterocycles. The van der Waals surface area contributed by atoms with E-state index in [0.717, 1.165) is 5.01 Å². The van der Waals surface area contributed by atoms with Crippen molar-refractivity contribution in [2.45, 2.75) is 25.8 Å². The van der Waals surface area contributed by atoms with Crippen LogP contribution in [0.2, 0.25) is 0 Å². The third-order valence-corrected chi connectivity index (χ3v) is 5.24. The van der Waals surface area contributed by atoms with Gasteiger partial charge in [0.15, 0.2) is 11.5 Å². The van der Waals surface area contributed by atoms with Gasteiger partial charge in [0.25, 0.3) is 5.69 Å². The van der Waals surface area contributed by atoms with E-state index >= 15 is 0 Å². The number of ether oxygens (including phenoxy) is 2. The minimum absolute atomic E-state index is 0.0644. The number of hydrogen-bond donors (Lipinski definition) is 1. The van der Waals surface area contributed by atoms with Gasteiger partial charge < -0.3 is 15.2 Å². The van der Waals surface area contributed by atoms with Gasteiger partial charge in [-0.1, -0.05) is 0 Å². The Bertz CT molecular complexity index is 1110. The number of nitro groups is 1. The van der Waals surface area contributed by atoms with Gasteiger partial charge in [0, 0.05) is 36.6 Å². The summed E-state index contributed by atoms with van der Waals surface area (Å²) in [5.74, 6) is -0.168. The van der Waals surface area contributed by atoms with Crippen molar-refractivity contribution in [1.82, 2.24) is 5.01 Å². The molecule has 1 atom stereocenters. The fourth-order valence-corrected chi connectivity index (χ4v) is 3.62. The normalized spacial score (nSPS) is 19.5. The molecule has 1 unspecified atom stereocenters. The fraction of sp³-hybridized carbons (Fsp3) is 0.250. The molecule has 154 valence electrons. The van der Waals surface area contributed by atoms with Crippen molar-refractivity contribution in [3.8, 4) is 11.5 Å². The van der Waals surface area contributed by atoms with Gasteiger partial charge in [-0.2, -0.15) is 5.10 Å². The summed E-state index contributed by atoms with van der Waals surface area (Å²) < 4.78 is 10.9. The molecule has 0 bridgehead atoms. The van der Waals surface area contributed by atoms with Gasteiger partial charge in [-0.3, -0.25) is 19.7 Å². The number of fused-ring (bicyclic) bond motifs is 2. The molecule has 0 aromatic heterocycles. The van der Waals surface area contributed by atoms with Crippen molar-refractivity contribution in [3.63, 3.8) is 0 Å². The van der Waals surface area contributed by atoms with E-state index in [1.54, 1.807) is 19.1 Å². The maximum atomic E-state index is 12.4. The van der Waals surface area contributed by atoms with Crippen molar-refractivity contribution in [2.75, 3.05) is 6.79 Å². The summed E-state index contributed by atoms with van der Waals surface area (Å²) in [6.07, 6.45) is 0.105. The topological polar surface area (TPSA) is 137 Å². The summed E-state index contributed by atoms with van der Waals surface area (Å²) in [5.41, 5.74) is 6.36. The van der Waals surface area contributed by atoms with Crippen LogP contribution in [0.4, 0.5) is 5.69 Å². The number of benzene rings is 2. The number of primary amides is 1. The lowest BCUT2D eigenvalue weighted by Crippen LogP contribution is -2.56. The molecule has 2 aliphatic rings. The number of hydrogen-bond acceptors (Lipinski definition) is 7. The van der Waals surface area contributed by atoms with Gasteiger partial charge in [0.2, 0.25) is 18.6 Å². The number of nitro benzene ring substituents is 1. The Morgan fingerprint density at radius 1 is 1.20 bits per heavy atom. The lowest BCUT2D eigenvalue weighted by molar-refractivity contribution is -0.384. The zero-order valence-electron chi connectivity index (χ0n) is 16.2. The van der Waals surface area contributed by atoms with Crippen LogP contribution < -0.4 is 15.2 Å². The Labute approximate surface area is 171 Å². The Morgan fingerprint density at radius 3 is 2.40 bits per heavy atom. The molecular weight excluding hydrogens is 392 g/mol. The molecule has 0 radical (unpaired) electrons. The highest BCUT2D eigenvalue weighted by Crippen LogP contribution is 2.39. The molecular formula is C20H18N4O6. The summed E-state index contributed by atoms with van der Waals surface area (Å²) in [5, 5.41) is 16.6. The first kappa shape index (κ1) is 19.4. The maximum absolute atomic E-state index is 12.4. The van der Waals surface area contributed by atoms with E-state index in [1.165, 1.54) is 31.2 Å². The van der Waals surface area contributed by atoms with Gasteiger partial charge in [-0.25, -0.2) is 5.01 Å². The van der Waals surface area contributed by atoms with E-state index in [9.17, 15) is 19.7 Å². The number of non-ortho nitro benzene ring substituents is 1. The Hall–Kier alpha value is -3.95. The van der Waals surface area contributed by atoms with E-state index in [2.05, 4.69) is 5.10 Å². The highest BCUT2D eigenvalue weighted by molar-refractivity contribution is 6.15. The molecule has 0 saturated heterocycles. The molecule has 2 amide bonds. The average molecular weight is 410 g/mol. The minimum Gasteiger partial charge on any atom is -0.454 e. The van der Waals surface area contributed by atoms with E-state index in [1.807, 2.05) is 0 Å². The first-order valence-corrected chi connectivity index (χ1v) is 9.08. The molecule has 0 fully saturated rings. The highest BCUT2D eigenvalue weighted by atomic mass is 16.7. The van der Waals surface area contributed by atoms with Crippen molar-refractivity contribution < 1.29 is 24.0 Å². The van der Waals surface area contributed by atoms with Crippen molar-refractivity contribution in [3.05, 3.63) is 63.2 Å². The molecule has 2 aromatic carbocycles. The maximum Gasteiger partial charge on any atom is 0.269 e. The third-order valence-electron chi connectivity index (χ3n) is 5.24. The van der Waals surface area contributed by atoms with Crippen LogP contribution in [0.5, 0.6) is 11.5 Å². The fourth-order valence-electron chi connectivity index (χ4n) is 3.62. The summed E-state index contributed by atoms with van der Waals surface area (Å²) in [4.78, 5) is 35.3. The molecule has 0 spiro atoms. The lowest BCUT2D eigenvalue weighted by atomic mass is 9.87. The number of carbonyl (C=O) groups excluding carboxylic acids is 2. The van der Waals surface area contributed by atoms with Crippen LogP contribution in [-0.4, -0.2) is 39.8 Å². The van der Waals surface area contributed by atoms with Crippen LogP contribution in [0.25, 0.3) is 0 Å². The Balaban J connectivity index is 1.97. The smallest absolute Gasteiger partial charge is 0.269 e. The Kier molecular flexibility index (Phi) is 4.41. The van der Waals surface area contributed by atoms with E-state index < -0.39 is 22.3 Å². The predicted octanol–water partition coefficient (Wildman–Crippen LogP) is 1.72. The summed E-state index contributed by atoms with van der Waals surface area (Å²) in [6.45, 7) is 2.91. The molecule has 30 heavy (non-hydrogen) atoms. The van der Waals surface area contributed by atoms with E-state index in [0.29, 0.717) is 33.9 Å². The molecule has 0 aliphatic carbocycles. The Morgan fingerprint density at radius 2 is 1.83 bits per heavy atom. The largest absolute Gasteiger partial charge is 0.454 e. The second-order valence-corrected chi connectivity index (χ2v) is 7.26. The number of nitrogens with zero attached hydrogens (tertiary/aromatic N) is 3. The number of rotatable bonds is 3. The molecule has 2 N–H and O–H groups in total. The molecule has 10 nitrogen and oxygen atoms in total. The molecule has 2 heterocycles. The van der Waals surface area contributed by atoms with Crippen LogP contribution >= 0.6 is 0 Å². The average Bonchev–Trinajstić information content (AvgIpc) is 3.09. The second-order valence-electron chi connectivity index (χ2n) is 7.26. The van der Waals surface area contributed by atoms with Crippen molar-refractivity contribution >= 4 is 23.2 Å². The predicted molar refractivity (Wildman–Crippen MR) is 105 cm³/mol. The van der Waals surface area contributed by atoms with Crippen LogP contribution in [0.15, 0.2) is 41.5 Å². The monoisotopic (exact) mass is 410 g/mol. The van der Waals surface area contributed by atoms with Crippen LogP contribution in [0, 0.1) is 10.1 Å². The highest BCUT2D eigenvalue weighted by Gasteiger charge is 2.43. The standard InChI is InChI=1S/C20H18N4O6/c1-11(25)23-20(2,19(21)26)9-13-7-16-17(30-10-29-16)8-15(13)18(22-23)12-3-5-14(6-4-12)24(27)28/h3-8H,9-10H2,1-2H3,(H2,21,26). The van der Waals surface area contributed by atoms with Crippen molar-refractivity contribution in [2.24, 2.45) is 10.8 Å². The van der Waals surface area contributed by atoms with Gasteiger partial charge in [0.1, 0.15) is 5.54 Å². The number of carbonyl (C=O) groups is 2. The van der Waals surface area contributed by atoms with Crippen LogP contribution in [-0.2, 0) is 16.0 Å². The third kappa shape index (κ3) is 3.02. The molecule has 10 heteroatoms. The van der Waals surface area contributed by atoms with E-state index in [4.69, 9.17) is 15.2 Å². The van der Waals surface area contributed by atoms with Gasteiger partial charge in [-0.05, 0) is 36.8 Å². The van der Waals surface area contributed by atoms with Crippen LogP contribution in [0.1, 0.15) is 30.5 Å². The number of hydrazone groups is 1. The zero-order chi connectivity index (χ0) is 21.6. The quantitative estimate of drug-likeness (QED) is 0.604. The van der Waals surface area contributed by atoms with Gasteiger partial charge in [0.05, 0.1) is 10.6 Å². The summed E-state index contributed by atoms with van der Waals surface area (Å²) >= 11 is 0. The van der Waals surface area contributed by atoms with Gasteiger partial charge in [-0.15, -0.1) is 0 Å². The zero-order valence-corrected chi connectivity index (χ0v) is 16.2. The summed E-state index contributed by atoms with van der Waals surface area (Å²) in [7, 11) is 0.